The molecule has 152 valence electrons. The van der Waals surface area contributed by atoms with Crippen LogP contribution in [-0.2, 0) is 0 Å². The largest absolute Gasteiger partial charge is 0.362 e. The summed E-state index contributed by atoms with van der Waals surface area (Å²) in [7, 11) is 3.98. The molecule has 0 radical (unpaired) electrons. The summed E-state index contributed by atoms with van der Waals surface area (Å²) >= 11 is 7.44. The standard InChI is InChI=1S/C21H24ClN5OS/c1-27(2)19-15-5-3-4-6-17(15)25-21(26-19)24-14-9-7-13(8-10-14)23-20(28)18-16(22)11-12-29-18/h3-6,11-14H,7-10H2,1-2H3,(H,23,28)(H,24,25,26)/t13-,14+. The van der Waals surface area contributed by atoms with Gasteiger partial charge in [0, 0.05) is 31.6 Å². The minimum absolute atomic E-state index is 0.0742. The van der Waals surface area contributed by atoms with Crippen LogP contribution in [0.2, 0.25) is 5.02 Å². The van der Waals surface area contributed by atoms with E-state index in [4.69, 9.17) is 21.6 Å². The van der Waals surface area contributed by atoms with Crippen molar-refractivity contribution in [2.45, 2.75) is 37.8 Å². The van der Waals surface area contributed by atoms with Crippen LogP contribution in [0.15, 0.2) is 35.7 Å². The number of fused-ring (bicyclic) bond motifs is 1. The minimum Gasteiger partial charge on any atom is -0.362 e. The van der Waals surface area contributed by atoms with E-state index < -0.39 is 0 Å². The van der Waals surface area contributed by atoms with Gasteiger partial charge in [-0.2, -0.15) is 4.98 Å². The number of carbonyl (C=O) groups excluding carboxylic acids is 1. The number of halogens is 1. The number of nitrogens with one attached hydrogen (secondary N) is 2. The Labute approximate surface area is 179 Å². The highest BCUT2D eigenvalue weighted by molar-refractivity contribution is 7.12. The first-order chi connectivity index (χ1) is 14.0. The zero-order valence-electron chi connectivity index (χ0n) is 16.5. The highest BCUT2D eigenvalue weighted by Gasteiger charge is 2.24. The molecule has 4 rings (SSSR count). The van der Waals surface area contributed by atoms with Gasteiger partial charge in [0.1, 0.15) is 10.7 Å². The molecule has 3 aromatic rings. The van der Waals surface area contributed by atoms with E-state index in [1.165, 1.54) is 11.3 Å². The average Bonchev–Trinajstić information content (AvgIpc) is 3.15. The average molecular weight is 430 g/mol. The molecule has 1 aromatic carbocycles. The molecular formula is C21H24ClN5OS. The second-order valence-corrected chi connectivity index (χ2v) is 8.87. The Morgan fingerprint density at radius 3 is 2.52 bits per heavy atom. The first kappa shape index (κ1) is 19.9. The summed E-state index contributed by atoms with van der Waals surface area (Å²) in [6.45, 7) is 0. The summed E-state index contributed by atoms with van der Waals surface area (Å²) in [5, 5.41) is 10.0. The van der Waals surface area contributed by atoms with Crippen molar-refractivity contribution in [2.75, 3.05) is 24.3 Å². The number of hydrogen-bond acceptors (Lipinski definition) is 6. The minimum atomic E-state index is -0.0742. The third kappa shape index (κ3) is 4.46. The van der Waals surface area contributed by atoms with Gasteiger partial charge in [0.15, 0.2) is 0 Å². The van der Waals surface area contributed by atoms with Crippen LogP contribution < -0.4 is 15.5 Å². The molecule has 1 aliphatic rings. The Morgan fingerprint density at radius 1 is 1.10 bits per heavy atom. The van der Waals surface area contributed by atoms with Gasteiger partial charge in [-0.25, -0.2) is 4.98 Å². The van der Waals surface area contributed by atoms with Gasteiger partial charge < -0.3 is 15.5 Å². The summed E-state index contributed by atoms with van der Waals surface area (Å²) in [6.07, 6.45) is 3.74. The van der Waals surface area contributed by atoms with Crippen LogP contribution in [0.4, 0.5) is 11.8 Å². The maximum atomic E-state index is 12.4. The molecule has 0 atom stereocenters. The fourth-order valence-corrected chi connectivity index (χ4v) is 4.78. The number of thiophene rings is 1. The molecule has 0 saturated heterocycles. The van der Waals surface area contributed by atoms with E-state index in [0.717, 1.165) is 42.4 Å². The zero-order valence-corrected chi connectivity index (χ0v) is 18.1. The summed E-state index contributed by atoms with van der Waals surface area (Å²) in [5.74, 6) is 1.49. The van der Waals surface area contributed by atoms with Crippen molar-refractivity contribution in [3.63, 3.8) is 0 Å². The van der Waals surface area contributed by atoms with Crippen LogP contribution in [0, 0.1) is 0 Å². The van der Waals surface area contributed by atoms with E-state index in [9.17, 15) is 4.79 Å². The number of aromatic nitrogens is 2. The van der Waals surface area contributed by atoms with Crippen LogP contribution >= 0.6 is 22.9 Å². The third-order valence-corrected chi connectivity index (χ3v) is 6.57. The SMILES string of the molecule is CN(C)c1nc(N[C@H]2CC[C@@H](NC(=O)c3sccc3Cl)CC2)nc2ccccc12. The van der Waals surface area contributed by atoms with Crippen LogP contribution in [0.5, 0.6) is 0 Å². The van der Waals surface area contributed by atoms with E-state index >= 15 is 0 Å². The topological polar surface area (TPSA) is 70.2 Å². The third-order valence-electron chi connectivity index (χ3n) is 5.23. The molecule has 1 aliphatic carbocycles. The molecule has 0 bridgehead atoms. The summed E-state index contributed by atoms with van der Waals surface area (Å²) in [4.78, 5) is 24.4. The number of nitrogens with zero attached hydrogens (tertiary/aromatic N) is 3. The smallest absolute Gasteiger partial charge is 0.263 e. The second kappa shape index (κ2) is 8.55. The molecule has 29 heavy (non-hydrogen) atoms. The van der Waals surface area contributed by atoms with E-state index in [0.29, 0.717) is 21.9 Å². The molecule has 0 unspecified atom stereocenters. The lowest BCUT2D eigenvalue weighted by molar-refractivity contribution is 0.0931. The quantitative estimate of drug-likeness (QED) is 0.622. The van der Waals surface area contributed by atoms with Crippen molar-refractivity contribution in [3.05, 3.63) is 45.6 Å². The maximum absolute atomic E-state index is 12.4. The van der Waals surface area contributed by atoms with E-state index in [-0.39, 0.29) is 11.9 Å². The van der Waals surface area contributed by atoms with Crippen molar-refractivity contribution in [3.8, 4) is 0 Å². The predicted octanol–water partition coefficient (Wildman–Crippen LogP) is 4.56. The predicted molar refractivity (Wildman–Crippen MR) is 120 cm³/mol. The van der Waals surface area contributed by atoms with Gasteiger partial charge in [0.25, 0.3) is 5.91 Å². The Balaban J connectivity index is 1.38. The van der Waals surface area contributed by atoms with Crippen LogP contribution in [0.25, 0.3) is 10.9 Å². The van der Waals surface area contributed by atoms with Crippen molar-refractivity contribution in [1.82, 2.24) is 15.3 Å². The molecule has 1 saturated carbocycles. The van der Waals surface area contributed by atoms with Crippen LogP contribution in [0.3, 0.4) is 0 Å². The van der Waals surface area contributed by atoms with Gasteiger partial charge in [-0.05, 0) is 49.3 Å². The van der Waals surface area contributed by atoms with Gasteiger partial charge in [0.05, 0.1) is 10.5 Å². The van der Waals surface area contributed by atoms with E-state index in [1.807, 2.05) is 48.6 Å². The number of para-hydroxylation sites is 1. The van der Waals surface area contributed by atoms with E-state index in [1.54, 1.807) is 6.07 Å². The van der Waals surface area contributed by atoms with Crippen LogP contribution in [0.1, 0.15) is 35.4 Å². The molecular weight excluding hydrogens is 406 g/mol. The van der Waals surface area contributed by atoms with Crippen molar-refractivity contribution in [2.24, 2.45) is 0 Å². The monoisotopic (exact) mass is 429 g/mol. The lowest BCUT2D eigenvalue weighted by Gasteiger charge is -2.30. The van der Waals surface area contributed by atoms with Crippen molar-refractivity contribution >= 4 is 51.5 Å². The normalized spacial score (nSPS) is 19.1. The van der Waals surface area contributed by atoms with Gasteiger partial charge in [0.2, 0.25) is 5.95 Å². The fourth-order valence-electron chi connectivity index (χ4n) is 3.74. The zero-order chi connectivity index (χ0) is 20.4. The second-order valence-electron chi connectivity index (χ2n) is 7.55. The highest BCUT2D eigenvalue weighted by Crippen LogP contribution is 2.27. The molecule has 2 heterocycles. The summed E-state index contributed by atoms with van der Waals surface area (Å²) in [6, 6.07) is 10.3. The number of rotatable bonds is 5. The molecule has 1 fully saturated rings. The van der Waals surface area contributed by atoms with Crippen molar-refractivity contribution in [1.29, 1.82) is 0 Å². The lowest BCUT2D eigenvalue weighted by atomic mass is 9.91. The number of benzene rings is 1. The number of hydrogen-bond donors (Lipinski definition) is 2. The van der Waals surface area contributed by atoms with E-state index in [2.05, 4.69) is 10.6 Å². The fraction of sp³-hybridized carbons (Fsp3) is 0.381. The number of carbonyl (C=O) groups is 1. The lowest BCUT2D eigenvalue weighted by Crippen LogP contribution is -2.40. The summed E-state index contributed by atoms with van der Waals surface area (Å²) in [5.41, 5.74) is 0.933. The number of amides is 1. The molecule has 1 amide bonds. The van der Waals surface area contributed by atoms with Gasteiger partial charge in [-0.15, -0.1) is 11.3 Å². The summed E-state index contributed by atoms with van der Waals surface area (Å²) < 4.78 is 0. The molecule has 0 spiro atoms. The Kier molecular flexibility index (Phi) is 5.87. The Morgan fingerprint density at radius 2 is 1.83 bits per heavy atom. The molecule has 2 N–H and O–H groups in total. The van der Waals surface area contributed by atoms with Gasteiger partial charge in [-0.3, -0.25) is 4.79 Å². The number of anilines is 2. The van der Waals surface area contributed by atoms with Gasteiger partial charge >= 0.3 is 0 Å². The van der Waals surface area contributed by atoms with Gasteiger partial charge in [-0.1, -0.05) is 23.7 Å². The molecule has 6 nitrogen and oxygen atoms in total. The van der Waals surface area contributed by atoms with Crippen LogP contribution in [-0.4, -0.2) is 42.1 Å². The molecule has 0 aliphatic heterocycles. The Bertz CT molecular complexity index is 1010. The molecule has 8 heteroatoms. The van der Waals surface area contributed by atoms with Crippen molar-refractivity contribution < 1.29 is 4.79 Å². The first-order valence-electron chi connectivity index (χ1n) is 9.76. The first-order valence-corrected chi connectivity index (χ1v) is 11.0. The Hall–Kier alpha value is -2.38. The molecule has 2 aromatic heterocycles. The maximum Gasteiger partial charge on any atom is 0.263 e. The highest BCUT2D eigenvalue weighted by atomic mass is 35.5.